The van der Waals surface area contributed by atoms with Gasteiger partial charge in [-0.3, -0.25) is 0 Å². The minimum Gasteiger partial charge on any atom is -3.00 e. The van der Waals surface area contributed by atoms with Crippen LogP contribution in [0.15, 0.2) is 0 Å². The molecular weight excluding hydrogens is 293 g/mol. The summed E-state index contributed by atoms with van der Waals surface area (Å²) in [6.07, 6.45) is 0. The Bertz CT molecular complexity index is 6.00. The van der Waals surface area contributed by atoms with Gasteiger partial charge < -0.3 is 19.8 Å². The van der Waals surface area contributed by atoms with Gasteiger partial charge >= 0.3 is 51.2 Å². The maximum Gasteiger partial charge on any atom is 4.00 e. The summed E-state index contributed by atoms with van der Waals surface area (Å²) >= 11 is 0. The molecule has 0 saturated heterocycles. The summed E-state index contributed by atoms with van der Waals surface area (Å²) in [5.74, 6) is 0. The van der Waals surface area contributed by atoms with Gasteiger partial charge in [0.2, 0.25) is 0 Å². The molecule has 0 aliphatic rings. The standard InChI is InChI=1S/Cd.2P.Sn/q+2;2*-3;+4. The molecule has 0 heterocycles. The summed E-state index contributed by atoms with van der Waals surface area (Å²) < 4.78 is 0. The molecule has 0 amide bonds. The van der Waals surface area contributed by atoms with E-state index >= 15 is 0 Å². The van der Waals surface area contributed by atoms with Gasteiger partial charge in [0.05, 0.1) is 0 Å². The van der Waals surface area contributed by atoms with E-state index in [0.717, 1.165) is 0 Å². The first-order chi connectivity index (χ1) is 0. The third-order valence-electron chi connectivity index (χ3n) is 0. The molecule has 0 aliphatic heterocycles. The van der Waals surface area contributed by atoms with Crippen molar-refractivity contribution in [1.29, 1.82) is 0 Å². The molecule has 0 unspecified atom stereocenters. The molecule has 0 nitrogen and oxygen atoms in total. The number of rotatable bonds is 0. The van der Waals surface area contributed by atoms with Crippen LogP contribution in [-0.2, 0) is 27.3 Å². The molecule has 0 bridgehead atoms. The van der Waals surface area contributed by atoms with E-state index in [0.29, 0.717) is 0 Å². The molecule has 0 aromatic rings. The number of hydrogen-bond acceptors (Lipinski definition) is 0. The van der Waals surface area contributed by atoms with Gasteiger partial charge in [-0.1, -0.05) is 0 Å². The molecule has 0 N–H and O–H groups in total. The van der Waals surface area contributed by atoms with Gasteiger partial charge in [-0.05, 0) is 0 Å². The van der Waals surface area contributed by atoms with Gasteiger partial charge in [-0.2, -0.15) is 0 Å². The Hall–Kier alpha value is 2.58. The van der Waals surface area contributed by atoms with Crippen LogP contribution in [-0.4, -0.2) is 23.9 Å². The first-order valence-electron chi connectivity index (χ1n) is 0. The minimum atomic E-state index is 0. The Labute approximate surface area is 70.2 Å². The summed E-state index contributed by atoms with van der Waals surface area (Å²) in [5, 5.41) is 0. The molecule has 4 heavy (non-hydrogen) atoms. The SMILES string of the molecule is [Cd+2].[P-3].[P-3].[Sn+4]. The summed E-state index contributed by atoms with van der Waals surface area (Å²) in [7, 11) is 0. The molecule has 16 valence electrons. The van der Waals surface area contributed by atoms with E-state index in [-0.39, 0.29) is 71.0 Å². The summed E-state index contributed by atoms with van der Waals surface area (Å²) in [6, 6.07) is 0. The summed E-state index contributed by atoms with van der Waals surface area (Å²) in [6.45, 7) is 0. The van der Waals surface area contributed by atoms with Crippen molar-refractivity contribution in [2.45, 2.75) is 0 Å². The van der Waals surface area contributed by atoms with Crippen LogP contribution in [0.2, 0.25) is 0 Å². The van der Waals surface area contributed by atoms with Crippen molar-refractivity contribution in [2.24, 2.45) is 0 Å². The van der Waals surface area contributed by atoms with Crippen LogP contribution in [0, 0.1) is 0 Å². The van der Waals surface area contributed by atoms with E-state index in [2.05, 4.69) is 0 Å². The average Bonchev–Trinajstić information content (AvgIpc) is 0. The van der Waals surface area contributed by atoms with Crippen molar-refractivity contribution < 1.29 is 27.3 Å². The third-order valence-corrected chi connectivity index (χ3v) is 0. The predicted octanol–water partition coefficient (Wildman–Crippen LogP) is 1.34. The quantitative estimate of drug-likeness (QED) is 0.467. The second kappa shape index (κ2) is 17.6. The second-order valence-electron chi connectivity index (χ2n) is 0. The summed E-state index contributed by atoms with van der Waals surface area (Å²) in [5.41, 5.74) is 0. The van der Waals surface area contributed by atoms with E-state index in [1.54, 1.807) is 0 Å². The average molecular weight is 293 g/mol. The first-order valence-corrected chi connectivity index (χ1v) is 0. The first kappa shape index (κ1) is 30.8. The van der Waals surface area contributed by atoms with Crippen molar-refractivity contribution >= 4 is 43.7 Å². The third kappa shape index (κ3) is 8.82. The summed E-state index contributed by atoms with van der Waals surface area (Å²) in [4.78, 5) is 0. The van der Waals surface area contributed by atoms with Crippen LogP contribution >= 0.6 is 19.8 Å². The van der Waals surface area contributed by atoms with Crippen LogP contribution < -0.4 is 0 Å². The van der Waals surface area contributed by atoms with Crippen LogP contribution in [0.5, 0.6) is 0 Å². The molecule has 0 rings (SSSR count). The molecule has 0 aromatic heterocycles. The Kier molecular flexibility index (Phi) is 135. The number of hydrogen-bond donors (Lipinski definition) is 0. The Morgan fingerprint density at radius 1 is 0.750 bits per heavy atom. The molecule has 0 atom stereocenters. The van der Waals surface area contributed by atoms with Gasteiger partial charge in [-0.15, -0.1) is 0 Å². The minimum absolute atomic E-state index is 0. The van der Waals surface area contributed by atoms with Gasteiger partial charge in [0.15, 0.2) is 0 Å². The maximum absolute atomic E-state index is 0. The van der Waals surface area contributed by atoms with Gasteiger partial charge in [0.1, 0.15) is 0 Å². The smallest absolute Gasteiger partial charge is 3.00 e. The second-order valence-corrected chi connectivity index (χ2v) is 0. The molecule has 4 heteroatoms. The Balaban J connectivity index is 0. The van der Waals surface area contributed by atoms with E-state index < -0.39 is 0 Å². The fourth-order valence-corrected chi connectivity index (χ4v) is 0. The van der Waals surface area contributed by atoms with Gasteiger partial charge in [0, 0.05) is 0 Å². The zero-order valence-electron chi connectivity index (χ0n) is 2.10. The van der Waals surface area contributed by atoms with Crippen molar-refractivity contribution in [3.05, 3.63) is 0 Å². The Morgan fingerprint density at radius 3 is 0.750 bits per heavy atom. The van der Waals surface area contributed by atoms with Crippen molar-refractivity contribution in [1.82, 2.24) is 0 Å². The van der Waals surface area contributed by atoms with E-state index in [1.807, 2.05) is 0 Å². The monoisotopic (exact) mass is 296 g/mol. The van der Waals surface area contributed by atoms with Gasteiger partial charge in [-0.25, -0.2) is 0 Å². The van der Waals surface area contributed by atoms with E-state index in [1.165, 1.54) is 0 Å². The molecule has 0 fully saturated rings. The maximum atomic E-state index is 0. The van der Waals surface area contributed by atoms with Crippen LogP contribution in [0.1, 0.15) is 0 Å². The van der Waals surface area contributed by atoms with Crippen LogP contribution in [0.4, 0.5) is 0 Å². The topological polar surface area (TPSA) is 0 Å². The zero-order chi connectivity index (χ0) is 0. The van der Waals surface area contributed by atoms with Crippen molar-refractivity contribution in [3.63, 3.8) is 0 Å². The van der Waals surface area contributed by atoms with Crippen LogP contribution in [0.3, 0.4) is 0 Å². The normalized spacial score (nSPS) is 0. The van der Waals surface area contributed by atoms with Crippen molar-refractivity contribution in [2.75, 3.05) is 0 Å². The van der Waals surface area contributed by atoms with Crippen LogP contribution in [0.25, 0.3) is 0 Å². The molecular formula is CdP2Sn. The molecule has 0 spiro atoms. The van der Waals surface area contributed by atoms with Crippen molar-refractivity contribution in [3.8, 4) is 0 Å². The molecule has 0 aliphatic carbocycles. The largest absolute Gasteiger partial charge is 4.00 e. The fraction of sp³-hybridized carbons (Fsp3) is 0. The van der Waals surface area contributed by atoms with Gasteiger partial charge in [0.25, 0.3) is 0 Å². The van der Waals surface area contributed by atoms with E-state index in [9.17, 15) is 0 Å². The fourth-order valence-electron chi connectivity index (χ4n) is 0. The molecule has 0 aromatic carbocycles. The van der Waals surface area contributed by atoms with E-state index in [4.69, 9.17) is 0 Å². The molecule has 0 radical (unpaired) electrons. The zero-order valence-corrected chi connectivity index (χ0v) is 10.8. The molecule has 0 saturated carbocycles. The predicted molar refractivity (Wildman–Crippen MR) is 19.6 cm³/mol. The Morgan fingerprint density at radius 2 is 0.750 bits per heavy atom.